The van der Waals surface area contributed by atoms with Crippen LogP contribution >= 0.6 is 0 Å². The van der Waals surface area contributed by atoms with E-state index in [-0.39, 0.29) is 29.6 Å². The van der Waals surface area contributed by atoms with E-state index in [0.717, 1.165) is 17.7 Å². The van der Waals surface area contributed by atoms with Crippen LogP contribution in [-0.2, 0) is 13.6 Å². The van der Waals surface area contributed by atoms with Crippen LogP contribution in [-0.4, -0.2) is 46.1 Å². The second kappa shape index (κ2) is 8.69. The van der Waals surface area contributed by atoms with Gasteiger partial charge in [0.15, 0.2) is 0 Å². The highest BCUT2D eigenvalue weighted by Gasteiger charge is 2.26. The predicted molar refractivity (Wildman–Crippen MR) is 105 cm³/mol. The Bertz CT molecular complexity index is 1010. The van der Waals surface area contributed by atoms with Crippen molar-refractivity contribution in [3.8, 4) is 0 Å². The zero-order valence-electron chi connectivity index (χ0n) is 16.5. The Hall–Kier alpha value is -2.81. The minimum Gasteiger partial charge on any atom is -0.346 e. The van der Waals surface area contributed by atoms with Gasteiger partial charge in [0.1, 0.15) is 17.8 Å². The van der Waals surface area contributed by atoms with Gasteiger partial charge >= 0.3 is 0 Å². The Balaban J connectivity index is 2.01. The largest absolute Gasteiger partial charge is 0.346 e. The third kappa shape index (κ3) is 4.29. The van der Waals surface area contributed by atoms with Crippen LogP contribution in [0.5, 0.6) is 0 Å². The number of aromatic nitrogens is 3. The molecule has 1 amide bonds. The van der Waals surface area contributed by atoms with Crippen molar-refractivity contribution in [2.24, 2.45) is 7.05 Å². The molecule has 2 atom stereocenters. The Morgan fingerprint density at radius 1 is 1.24 bits per heavy atom. The molecule has 2 N–H and O–H groups in total. The maximum absolute atomic E-state index is 14.6. The number of carbonyl (C=O) groups excluding carboxylic acids is 1. The van der Waals surface area contributed by atoms with Crippen LogP contribution < -0.4 is 10.6 Å². The number of fused-ring (bicyclic) bond motifs is 1. The number of hydrogen-bond donors (Lipinski definition) is 2. The molecular weight excluding hydrogens is 383 g/mol. The zero-order valence-corrected chi connectivity index (χ0v) is 16.5. The number of hydrogen-bond acceptors (Lipinski definition) is 3. The van der Waals surface area contributed by atoms with Crippen molar-refractivity contribution in [3.05, 3.63) is 53.5 Å². The lowest BCUT2D eigenvalue weighted by atomic mass is 10.1. The number of nitrogens with zero attached hydrogens (tertiary/aromatic N) is 3. The Labute approximate surface area is 166 Å². The Kier molecular flexibility index (Phi) is 6.26. The first-order chi connectivity index (χ1) is 13.8. The van der Waals surface area contributed by atoms with Gasteiger partial charge in [-0.3, -0.25) is 9.48 Å². The number of rotatable bonds is 8. The number of alkyl halides is 1. The summed E-state index contributed by atoms with van der Waals surface area (Å²) in [5.41, 5.74) is 0.722. The molecule has 0 aliphatic carbocycles. The van der Waals surface area contributed by atoms with E-state index in [1.54, 1.807) is 38.1 Å². The summed E-state index contributed by atoms with van der Waals surface area (Å²) in [7, 11) is 3.37. The molecule has 0 aliphatic rings. The van der Waals surface area contributed by atoms with Crippen LogP contribution in [0.25, 0.3) is 10.9 Å². The van der Waals surface area contributed by atoms with E-state index in [2.05, 4.69) is 15.7 Å². The van der Waals surface area contributed by atoms with E-state index in [4.69, 9.17) is 0 Å². The van der Waals surface area contributed by atoms with Crippen molar-refractivity contribution in [2.45, 2.75) is 32.1 Å². The third-order valence-electron chi connectivity index (χ3n) is 4.87. The standard InChI is InChI=1S/C20H24F3N5O/c1-4-17(16(23)8-24-2)26-20(29)13-11-28(10-12-7-25-27(3)9-12)19-15(22)6-5-14(21)18(13)19/h5-7,9,11,16-17,24H,4,8,10H2,1-3H3,(H,26,29). The normalized spacial score (nSPS) is 13.6. The van der Waals surface area contributed by atoms with Crippen molar-refractivity contribution < 1.29 is 18.0 Å². The van der Waals surface area contributed by atoms with Gasteiger partial charge in [-0.05, 0) is 25.6 Å². The molecule has 0 radical (unpaired) electrons. The topological polar surface area (TPSA) is 63.9 Å². The van der Waals surface area contributed by atoms with Crippen molar-refractivity contribution >= 4 is 16.8 Å². The van der Waals surface area contributed by atoms with Crippen LogP contribution in [0.2, 0.25) is 0 Å². The van der Waals surface area contributed by atoms with E-state index in [0.29, 0.717) is 6.42 Å². The molecule has 6 nitrogen and oxygen atoms in total. The first-order valence-corrected chi connectivity index (χ1v) is 9.39. The molecule has 156 valence electrons. The van der Waals surface area contributed by atoms with Gasteiger partial charge < -0.3 is 15.2 Å². The van der Waals surface area contributed by atoms with E-state index < -0.39 is 29.8 Å². The quantitative estimate of drug-likeness (QED) is 0.604. The van der Waals surface area contributed by atoms with Crippen LogP contribution in [0.15, 0.2) is 30.7 Å². The van der Waals surface area contributed by atoms with E-state index >= 15 is 0 Å². The summed E-state index contributed by atoms with van der Waals surface area (Å²) >= 11 is 0. The third-order valence-corrected chi connectivity index (χ3v) is 4.87. The minimum atomic E-state index is -1.31. The summed E-state index contributed by atoms with van der Waals surface area (Å²) in [5.74, 6) is -2.00. The predicted octanol–water partition coefficient (Wildman–Crippen LogP) is 2.77. The molecule has 0 bridgehead atoms. The summed E-state index contributed by atoms with van der Waals surface area (Å²) in [6.45, 7) is 2.03. The lowest BCUT2D eigenvalue weighted by molar-refractivity contribution is 0.0908. The summed E-state index contributed by atoms with van der Waals surface area (Å²) in [6, 6.07) is 1.26. The van der Waals surface area contributed by atoms with Crippen LogP contribution in [0, 0.1) is 11.6 Å². The maximum atomic E-state index is 14.6. The molecule has 0 fully saturated rings. The van der Waals surface area contributed by atoms with Gasteiger partial charge in [0.2, 0.25) is 0 Å². The molecule has 9 heteroatoms. The molecule has 0 spiro atoms. The fraction of sp³-hybridized carbons (Fsp3) is 0.400. The van der Waals surface area contributed by atoms with Gasteiger partial charge in [-0.15, -0.1) is 0 Å². The second-order valence-electron chi connectivity index (χ2n) is 7.01. The lowest BCUT2D eigenvalue weighted by Gasteiger charge is -2.20. The highest BCUT2D eigenvalue weighted by Crippen LogP contribution is 2.28. The summed E-state index contributed by atoms with van der Waals surface area (Å²) in [4.78, 5) is 12.9. The van der Waals surface area contributed by atoms with E-state index in [1.165, 1.54) is 10.8 Å². The van der Waals surface area contributed by atoms with E-state index in [9.17, 15) is 18.0 Å². The first kappa shape index (κ1) is 20.9. The van der Waals surface area contributed by atoms with Crippen LogP contribution in [0.1, 0.15) is 29.3 Å². The number of halogens is 3. The number of amides is 1. The summed E-state index contributed by atoms with van der Waals surface area (Å²) in [5, 5.41) is 9.29. The number of nitrogens with one attached hydrogen (secondary N) is 2. The molecule has 29 heavy (non-hydrogen) atoms. The summed E-state index contributed by atoms with van der Waals surface area (Å²) in [6.07, 6.45) is 3.82. The number of benzene rings is 1. The smallest absolute Gasteiger partial charge is 0.253 e. The zero-order chi connectivity index (χ0) is 21.1. The maximum Gasteiger partial charge on any atom is 0.253 e. The van der Waals surface area contributed by atoms with Crippen LogP contribution in [0.4, 0.5) is 13.2 Å². The molecule has 1 aromatic carbocycles. The monoisotopic (exact) mass is 407 g/mol. The van der Waals surface area contributed by atoms with E-state index in [1.807, 2.05) is 0 Å². The van der Waals surface area contributed by atoms with Crippen molar-refractivity contribution in [1.29, 1.82) is 0 Å². The fourth-order valence-corrected chi connectivity index (χ4v) is 3.44. The molecule has 0 saturated heterocycles. The molecule has 2 aromatic heterocycles. The first-order valence-electron chi connectivity index (χ1n) is 9.39. The van der Waals surface area contributed by atoms with Crippen LogP contribution in [0.3, 0.4) is 0 Å². The average molecular weight is 407 g/mol. The lowest BCUT2D eigenvalue weighted by Crippen LogP contribution is -2.44. The second-order valence-corrected chi connectivity index (χ2v) is 7.01. The summed E-state index contributed by atoms with van der Waals surface area (Å²) < 4.78 is 46.5. The molecule has 0 aliphatic heterocycles. The van der Waals surface area contributed by atoms with Gasteiger partial charge in [-0.1, -0.05) is 6.92 Å². The average Bonchev–Trinajstić information content (AvgIpc) is 3.27. The Morgan fingerprint density at radius 2 is 1.97 bits per heavy atom. The molecule has 2 heterocycles. The van der Waals surface area contributed by atoms with Crippen molar-refractivity contribution in [3.63, 3.8) is 0 Å². The minimum absolute atomic E-state index is 0.0147. The highest BCUT2D eigenvalue weighted by molar-refractivity contribution is 6.07. The van der Waals surface area contributed by atoms with Gasteiger partial charge in [0.25, 0.3) is 5.91 Å². The molecule has 3 aromatic rings. The SMILES string of the molecule is CCC(NC(=O)c1cn(Cc2cnn(C)c2)c2c(F)ccc(F)c12)C(F)CNC. The molecular formula is C20H24F3N5O. The van der Waals surface area contributed by atoms with Crippen molar-refractivity contribution in [2.75, 3.05) is 13.6 Å². The van der Waals surface area contributed by atoms with Gasteiger partial charge in [-0.25, -0.2) is 13.2 Å². The highest BCUT2D eigenvalue weighted by atomic mass is 19.1. The van der Waals surface area contributed by atoms with Gasteiger partial charge in [0.05, 0.1) is 35.2 Å². The molecule has 2 unspecified atom stereocenters. The van der Waals surface area contributed by atoms with Gasteiger partial charge in [-0.2, -0.15) is 5.10 Å². The van der Waals surface area contributed by atoms with Gasteiger partial charge in [0, 0.05) is 31.5 Å². The Morgan fingerprint density at radius 3 is 2.59 bits per heavy atom. The fourth-order valence-electron chi connectivity index (χ4n) is 3.44. The molecule has 3 rings (SSSR count). The van der Waals surface area contributed by atoms with Crippen molar-refractivity contribution in [1.82, 2.24) is 25.0 Å². The number of carbonyl (C=O) groups is 1. The molecule has 0 saturated carbocycles. The number of aryl methyl sites for hydroxylation is 1.